The molecule has 1 amide bonds. The van der Waals surface area contributed by atoms with Crippen molar-refractivity contribution < 1.29 is 9.53 Å². The van der Waals surface area contributed by atoms with Crippen molar-refractivity contribution in [3.05, 3.63) is 0 Å². The van der Waals surface area contributed by atoms with E-state index in [4.69, 9.17) is 10.5 Å². The molecule has 2 heterocycles. The first kappa shape index (κ1) is 16.2. The van der Waals surface area contributed by atoms with Crippen molar-refractivity contribution in [3.63, 3.8) is 0 Å². The average Bonchev–Trinajstić information content (AvgIpc) is 3.20. The van der Waals surface area contributed by atoms with Gasteiger partial charge >= 0.3 is 0 Å². The van der Waals surface area contributed by atoms with Gasteiger partial charge in [-0.15, -0.1) is 0 Å². The van der Waals surface area contributed by atoms with E-state index in [1.165, 1.54) is 32.2 Å². The monoisotopic (exact) mass is 309 g/mol. The normalized spacial score (nSPS) is 31.7. The molecule has 2 saturated heterocycles. The predicted octanol–water partition coefficient (Wildman–Crippen LogP) is 1.26. The molecule has 0 bridgehead atoms. The average molecular weight is 309 g/mol. The highest BCUT2D eigenvalue weighted by Gasteiger charge is 2.32. The van der Waals surface area contributed by atoms with Crippen LogP contribution in [0, 0.1) is 5.92 Å². The van der Waals surface area contributed by atoms with Crippen LogP contribution >= 0.6 is 0 Å². The summed E-state index contributed by atoms with van der Waals surface area (Å²) in [6, 6.07) is 0.327. The van der Waals surface area contributed by atoms with Gasteiger partial charge in [0.2, 0.25) is 5.91 Å². The van der Waals surface area contributed by atoms with Crippen molar-refractivity contribution in [3.8, 4) is 0 Å². The number of hydrogen-bond acceptors (Lipinski definition) is 4. The van der Waals surface area contributed by atoms with Gasteiger partial charge in [-0.3, -0.25) is 4.79 Å². The lowest BCUT2D eigenvalue weighted by atomic mass is 10.0. The molecular formula is C17H31N3O2. The number of nitrogens with one attached hydrogen (secondary N) is 1. The lowest BCUT2D eigenvalue weighted by Gasteiger charge is -2.34. The van der Waals surface area contributed by atoms with Gasteiger partial charge in [0.1, 0.15) is 6.10 Å². The standard InChI is InChI=1S/C17H31N3O2/c18-11-15-5-6-16(22-15)17(21)19-14-7-9-20(10-8-14)12-13-3-1-2-4-13/h13-16H,1-12,18H2,(H,19,21)/t15-,16+/m1/s1. The molecule has 3 rings (SSSR count). The van der Waals surface area contributed by atoms with Crippen LogP contribution in [0.25, 0.3) is 0 Å². The Bertz CT molecular complexity index is 363. The predicted molar refractivity (Wildman–Crippen MR) is 86.5 cm³/mol. The number of nitrogens with zero attached hydrogens (tertiary/aromatic N) is 1. The summed E-state index contributed by atoms with van der Waals surface area (Å²) in [4.78, 5) is 14.8. The maximum atomic E-state index is 12.2. The van der Waals surface area contributed by atoms with Gasteiger partial charge in [0.15, 0.2) is 0 Å². The molecule has 2 aliphatic heterocycles. The number of amides is 1. The van der Waals surface area contributed by atoms with Crippen molar-refractivity contribution >= 4 is 5.91 Å². The fourth-order valence-corrected chi connectivity index (χ4v) is 4.18. The lowest BCUT2D eigenvalue weighted by molar-refractivity contribution is -0.132. The molecule has 3 fully saturated rings. The van der Waals surface area contributed by atoms with Crippen molar-refractivity contribution in [1.82, 2.24) is 10.2 Å². The number of ether oxygens (including phenoxy) is 1. The van der Waals surface area contributed by atoms with Gasteiger partial charge in [-0.2, -0.15) is 0 Å². The Morgan fingerprint density at radius 1 is 1.09 bits per heavy atom. The third-order valence-electron chi connectivity index (χ3n) is 5.59. The summed E-state index contributed by atoms with van der Waals surface area (Å²) in [7, 11) is 0. The Hall–Kier alpha value is -0.650. The fraction of sp³-hybridized carbons (Fsp3) is 0.941. The second-order valence-corrected chi connectivity index (χ2v) is 7.29. The fourth-order valence-electron chi connectivity index (χ4n) is 4.18. The lowest BCUT2D eigenvalue weighted by Crippen LogP contribution is -2.48. The quantitative estimate of drug-likeness (QED) is 0.802. The minimum Gasteiger partial charge on any atom is -0.364 e. The summed E-state index contributed by atoms with van der Waals surface area (Å²) in [6.45, 7) is 4.03. The van der Waals surface area contributed by atoms with E-state index < -0.39 is 0 Å². The molecule has 0 aromatic carbocycles. The van der Waals surface area contributed by atoms with Crippen LogP contribution in [0.15, 0.2) is 0 Å². The Kier molecular flexibility index (Phi) is 5.71. The third kappa shape index (κ3) is 4.21. The largest absolute Gasteiger partial charge is 0.364 e. The van der Waals surface area contributed by atoms with Gasteiger partial charge in [0.25, 0.3) is 0 Å². The molecule has 5 nitrogen and oxygen atoms in total. The minimum absolute atomic E-state index is 0.0732. The number of carbonyl (C=O) groups is 1. The molecule has 126 valence electrons. The highest BCUT2D eigenvalue weighted by atomic mass is 16.5. The van der Waals surface area contributed by atoms with E-state index in [1.807, 2.05) is 0 Å². The molecule has 3 N–H and O–H groups in total. The first-order valence-electron chi connectivity index (χ1n) is 9.13. The molecule has 3 aliphatic rings. The number of likely N-dealkylation sites (tertiary alicyclic amines) is 1. The number of hydrogen-bond donors (Lipinski definition) is 2. The van der Waals surface area contributed by atoms with E-state index in [0.29, 0.717) is 12.6 Å². The van der Waals surface area contributed by atoms with E-state index in [2.05, 4.69) is 10.2 Å². The highest BCUT2D eigenvalue weighted by Crippen LogP contribution is 2.26. The van der Waals surface area contributed by atoms with Gasteiger partial charge in [-0.05, 0) is 44.4 Å². The van der Waals surface area contributed by atoms with Crippen molar-refractivity contribution in [1.29, 1.82) is 0 Å². The van der Waals surface area contributed by atoms with Crippen molar-refractivity contribution in [2.45, 2.75) is 69.6 Å². The van der Waals surface area contributed by atoms with Gasteiger partial charge in [0.05, 0.1) is 6.10 Å². The smallest absolute Gasteiger partial charge is 0.249 e. The van der Waals surface area contributed by atoms with Crippen LogP contribution in [0.1, 0.15) is 51.4 Å². The zero-order chi connectivity index (χ0) is 15.4. The van der Waals surface area contributed by atoms with E-state index in [-0.39, 0.29) is 18.1 Å². The summed E-state index contributed by atoms with van der Waals surface area (Å²) < 4.78 is 5.68. The van der Waals surface area contributed by atoms with Gasteiger partial charge < -0.3 is 20.7 Å². The van der Waals surface area contributed by atoms with E-state index in [0.717, 1.165) is 44.7 Å². The van der Waals surface area contributed by atoms with Crippen LogP contribution in [-0.2, 0) is 9.53 Å². The summed E-state index contributed by atoms with van der Waals surface area (Å²) in [5, 5.41) is 3.19. The third-order valence-corrected chi connectivity index (χ3v) is 5.59. The number of carbonyl (C=O) groups excluding carboxylic acids is 1. The van der Waals surface area contributed by atoms with Crippen LogP contribution in [0.2, 0.25) is 0 Å². The molecule has 1 saturated carbocycles. The highest BCUT2D eigenvalue weighted by molar-refractivity contribution is 5.81. The van der Waals surface area contributed by atoms with Crippen LogP contribution in [0.5, 0.6) is 0 Å². The molecule has 0 radical (unpaired) electrons. The van der Waals surface area contributed by atoms with Crippen molar-refractivity contribution in [2.24, 2.45) is 11.7 Å². The molecule has 0 aromatic rings. The maximum Gasteiger partial charge on any atom is 0.249 e. The molecule has 0 spiro atoms. The zero-order valence-electron chi connectivity index (χ0n) is 13.6. The van der Waals surface area contributed by atoms with Crippen LogP contribution in [0.3, 0.4) is 0 Å². The molecule has 2 atom stereocenters. The van der Waals surface area contributed by atoms with Gasteiger partial charge in [-0.25, -0.2) is 0 Å². The summed E-state index contributed by atoms with van der Waals surface area (Å²) in [5.74, 6) is 0.997. The first-order chi connectivity index (χ1) is 10.7. The topological polar surface area (TPSA) is 67.6 Å². The van der Waals surface area contributed by atoms with Crippen LogP contribution < -0.4 is 11.1 Å². The number of rotatable bonds is 5. The summed E-state index contributed by atoms with van der Waals surface area (Å²) >= 11 is 0. The zero-order valence-corrected chi connectivity index (χ0v) is 13.6. The Morgan fingerprint density at radius 3 is 2.45 bits per heavy atom. The molecule has 0 unspecified atom stereocenters. The van der Waals surface area contributed by atoms with Crippen molar-refractivity contribution in [2.75, 3.05) is 26.2 Å². The van der Waals surface area contributed by atoms with E-state index >= 15 is 0 Å². The summed E-state index contributed by atoms with van der Waals surface area (Å²) in [6.07, 6.45) is 9.34. The molecule has 5 heteroatoms. The first-order valence-corrected chi connectivity index (χ1v) is 9.13. The van der Waals surface area contributed by atoms with Gasteiger partial charge in [-0.1, -0.05) is 12.8 Å². The van der Waals surface area contributed by atoms with E-state index in [1.54, 1.807) is 0 Å². The molecule has 0 aromatic heterocycles. The minimum atomic E-state index is -0.273. The maximum absolute atomic E-state index is 12.2. The van der Waals surface area contributed by atoms with Crippen LogP contribution in [-0.4, -0.2) is 55.2 Å². The number of piperidine rings is 1. The second-order valence-electron chi connectivity index (χ2n) is 7.29. The van der Waals surface area contributed by atoms with E-state index in [9.17, 15) is 4.79 Å². The SMILES string of the molecule is NC[C@H]1CC[C@@H](C(=O)NC2CCN(CC3CCCC3)CC2)O1. The Labute approximate surface area is 133 Å². The number of nitrogens with two attached hydrogens (primary N) is 1. The molecule has 22 heavy (non-hydrogen) atoms. The Morgan fingerprint density at radius 2 is 1.82 bits per heavy atom. The second kappa shape index (κ2) is 7.75. The van der Waals surface area contributed by atoms with Crippen LogP contribution in [0.4, 0.5) is 0 Å². The molecule has 1 aliphatic carbocycles. The summed E-state index contributed by atoms with van der Waals surface area (Å²) in [5.41, 5.74) is 5.60. The Balaban J connectivity index is 1.35. The molecular weight excluding hydrogens is 278 g/mol. The van der Waals surface area contributed by atoms with Gasteiger partial charge in [0, 0.05) is 32.2 Å².